The summed E-state index contributed by atoms with van der Waals surface area (Å²) in [6.07, 6.45) is 1.21. The van der Waals surface area contributed by atoms with Gasteiger partial charge in [0, 0.05) is 7.05 Å². The minimum atomic E-state index is 0.335. The molecule has 5 nitrogen and oxygen atoms in total. The van der Waals surface area contributed by atoms with Crippen molar-refractivity contribution < 1.29 is 0 Å². The Bertz CT molecular complexity index is 533. The van der Waals surface area contributed by atoms with E-state index < -0.39 is 0 Å². The second-order valence-electron chi connectivity index (χ2n) is 4.64. The van der Waals surface area contributed by atoms with Crippen LogP contribution >= 0.6 is 0 Å². The highest BCUT2D eigenvalue weighted by Crippen LogP contribution is 2.28. The number of fused-ring (bicyclic) bond motifs is 1. The molecule has 2 aromatic rings. The summed E-state index contributed by atoms with van der Waals surface area (Å²) >= 11 is 0. The van der Waals surface area contributed by atoms with Crippen molar-refractivity contribution in [1.29, 1.82) is 0 Å². The fraction of sp³-hybridized carbons (Fsp3) is 0.500. The first kappa shape index (κ1) is 10.5. The molecular formula is C12H17N5. The van der Waals surface area contributed by atoms with E-state index in [1.54, 1.807) is 0 Å². The molecule has 0 spiro atoms. The summed E-state index contributed by atoms with van der Waals surface area (Å²) in [7, 11) is 1.86. The first-order chi connectivity index (χ1) is 8.28. The van der Waals surface area contributed by atoms with Crippen LogP contribution in [0.3, 0.4) is 0 Å². The number of aromatic nitrogens is 3. The van der Waals surface area contributed by atoms with Crippen LogP contribution in [0.15, 0.2) is 12.1 Å². The van der Waals surface area contributed by atoms with Crippen LogP contribution in [0.1, 0.15) is 25.2 Å². The van der Waals surface area contributed by atoms with Crippen molar-refractivity contribution in [2.24, 2.45) is 5.92 Å². The van der Waals surface area contributed by atoms with Crippen molar-refractivity contribution in [3.8, 4) is 0 Å². The van der Waals surface area contributed by atoms with Crippen LogP contribution < -0.4 is 10.6 Å². The minimum Gasteiger partial charge on any atom is -0.373 e. The molecule has 0 amide bonds. The minimum absolute atomic E-state index is 0.335. The Balaban J connectivity index is 2.01. The number of H-pyrrole nitrogens is 1. The van der Waals surface area contributed by atoms with E-state index in [1.807, 2.05) is 19.2 Å². The van der Waals surface area contributed by atoms with Gasteiger partial charge in [-0.15, -0.1) is 0 Å². The van der Waals surface area contributed by atoms with Crippen LogP contribution in [-0.2, 0) is 0 Å². The molecule has 1 saturated heterocycles. The van der Waals surface area contributed by atoms with E-state index in [4.69, 9.17) is 0 Å². The smallest absolute Gasteiger partial charge is 0.179 e. The van der Waals surface area contributed by atoms with Gasteiger partial charge in [0.25, 0.3) is 0 Å². The first-order valence-corrected chi connectivity index (χ1v) is 6.05. The van der Waals surface area contributed by atoms with Gasteiger partial charge in [-0.2, -0.15) is 0 Å². The quantitative estimate of drug-likeness (QED) is 0.735. The summed E-state index contributed by atoms with van der Waals surface area (Å²) < 4.78 is 0. The maximum Gasteiger partial charge on any atom is 0.179 e. The van der Waals surface area contributed by atoms with Gasteiger partial charge in [0.1, 0.15) is 11.6 Å². The number of nitrogens with zero attached hydrogens (tertiary/aromatic N) is 2. The highest BCUT2D eigenvalue weighted by molar-refractivity contribution is 5.73. The van der Waals surface area contributed by atoms with E-state index in [1.165, 1.54) is 6.42 Å². The van der Waals surface area contributed by atoms with Gasteiger partial charge in [-0.1, -0.05) is 6.92 Å². The van der Waals surface area contributed by atoms with Crippen molar-refractivity contribution >= 4 is 17.0 Å². The summed E-state index contributed by atoms with van der Waals surface area (Å²) in [6, 6.07) is 4.31. The van der Waals surface area contributed by atoms with Gasteiger partial charge in [0.05, 0.1) is 11.6 Å². The maximum absolute atomic E-state index is 4.58. The molecular weight excluding hydrogens is 214 g/mol. The lowest BCUT2D eigenvalue weighted by Gasteiger charge is -2.11. The zero-order chi connectivity index (χ0) is 11.8. The van der Waals surface area contributed by atoms with Crippen molar-refractivity contribution in [3.63, 3.8) is 0 Å². The highest BCUT2D eigenvalue weighted by atomic mass is 15.1. The van der Waals surface area contributed by atoms with Gasteiger partial charge >= 0.3 is 0 Å². The second kappa shape index (κ2) is 4.00. The predicted octanol–water partition coefficient (Wildman–Crippen LogP) is 1.67. The molecule has 3 N–H and O–H groups in total. The Morgan fingerprint density at radius 1 is 1.35 bits per heavy atom. The van der Waals surface area contributed by atoms with Gasteiger partial charge < -0.3 is 15.6 Å². The Kier molecular flexibility index (Phi) is 2.48. The molecule has 1 aliphatic rings. The van der Waals surface area contributed by atoms with Crippen LogP contribution in [-0.4, -0.2) is 28.5 Å². The molecule has 1 aliphatic heterocycles. The van der Waals surface area contributed by atoms with Gasteiger partial charge in [-0.25, -0.2) is 9.97 Å². The second-order valence-corrected chi connectivity index (χ2v) is 4.64. The monoisotopic (exact) mass is 231 g/mol. The molecule has 2 aromatic heterocycles. The largest absolute Gasteiger partial charge is 0.373 e. The van der Waals surface area contributed by atoms with Crippen molar-refractivity contribution in [3.05, 3.63) is 18.0 Å². The number of imidazole rings is 1. The molecule has 0 aliphatic carbocycles. The Labute approximate surface area is 100 Å². The van der Waals surface area contributed by atoms with Gasteiger partial charge in [-0.3, -0.25) is 0 Å². The van der Waals surface area contributed by atoms with Crippen LogP contribution in [0.25, 0.3) is 11.2 Å². The number of pyridine rings is 1. The van der Waals surface area contributed by atoms with Crippen LogP contribution in [0.5, 0.6) is 0 Å². The average molecular weight is 231 g/mol. The van der Waals surface area contributed by atoms with E-state index >= 15 is 0 Å². The standard InChI is InChI=1S/C12H17N5/c1-7-5-6-14-10(7)12-15-8-3-4-9(13-2)16-11(8)17-12/h3-4,7,10,14H,5-6H2,1-2H3,(H2,13,15,16,17). The molecule has 2 unspecified atom stereocenters. The lowest BCUT2D eigenvalue weighted by Crippen LogP contribution is -2.17. The molecule has 0 saturated carbocycles. The fourth-order valence-electron chi connectivity index (χ4n) is 2.40. The van der Waals surface area contributed by atoms with E-state index in [2.05, 4.69) is 32.5 Å². The molecule has 2 atom stereocenters. The average Bonchev–Trinajstić information content (AvgIpc) is 2.93. The summed E-state index contributed by atoms with van der Waals surface area (Å²) in [4.78, 5) is 12.4. The van der Waals surface area contributed by atoms with Gasteiger partial charge in [0.15, 0.2) is 5.65 Å². The molecule has 3 heterocycles. The third kappa shape index (κ3) is 1.76. The zero-order valence-electron chi connectivity index (χ0n) is 10.1. The SMILES string of the molecule is CNc1ccc2[nH]c(C3NCCC3C)nc2n1. The number of hydrogen-bond donors (Lipinski definition) is 3. The number of nitrogens with one attached hydrogen (secondary N) is 3. The number of rotatable bonds is 2. The summed E-state index contributed by atoms with van der Waals surface area (Å²) in [5, 5.41) is 6.50. The zero-order valence-corrected chi connectivity index (χ0v) is 10.1. The van der Waals surface area contributed by atoms with Crippen LogP contribution in [0.4, 0.5) is 5.82 Å². The van der Waals surface area contributed by atoms with Gasteiger partial charge in [0.2, 0.25) is 0 Å². The summed E-state index contributed by atoms with van der Waals surface area (Å²) in [5.41, 5.74) is 1.78. The Morgan fingerprint density at radius 3 is 2.94 bits per heavy atom. The van der Waals surface area contributed by atoms with Crippen molar-refractivity contribution in [1.82, 2.24) is 20.3 Å². The van der Waals surface area contributed by atoms with Crippen LogP contribution in [0, 0.1) is 5.92 Å². The van der Waals surface area contributed by atoms with E-state index in [0.29, 0.717) is 12.0 Å². The highest BCUT2D eigenvalue weighted by Gasteiger charge is 2.27. The lowest BCUT2D eigenvalue weighted by molar-refractivity contribution is 0.484. The first-order valence-electron chi connectivity index (χ1n) is 6.05. The fourth-order valence-corrected chi connectivity index (χ4v) is 2.40. The molecule has 5 heteroatoms. The number of hydrogen-bond acceptors (Lipinski definition) is 4. The molecule has 17 heavy (non-hydrogen) atoms. The van der Waals surface area contributed by atoms with Gasteiger partial charge in [-0.05, 0) is 31.0 Å². The third-order valence-electron chi connectivity index (χ3n) is 3.45. The van der Waals surface area contributed by atoms with E-state index in [9.17, 15) is 0 Å². The molecule has 1 fully saturated rings. The normalized spacial score (nSPS) is 24.4. The molecule has 0 bridgehead atoms. The van der Waals surface area contributed by atoms with E-state index in [-0.39, 0.29) is 0 Å². The number of aromatic amines is 1. The molecule has 0 radical (unpaired) electrons. The summed E-state index contributed by atoms with van der Waals surface area (Å²) in [6.45, 7) is 3.32. The molecule has 0 aromatic carbocycles. The maximum atomic E-state index is 4.58. The van der Waals surface area contributed by atoms with Crippen molar-refractivity contribution in [2.75, 3.05) is 18.9 Å². The lowest BCUT2D eigenvalue weighted by atomic mass is 10.0. The number of anilines is 1. The molecule has 90 valence electrons. The Morgan fingerprint density at radius 2 is 2.24 bits per heavy atom. The molecule has 3 rings (SSSR count). The third-order valence-corrected chi connectivity index (χ3v) is 3.45. The van der Waals surface area contributed by atoms with Crippen LogP contribution in [0.2, 0.25) is 0 Å². The predicted molar refractivity (Wildman–Crippen MR) is 68.0 cm³/mol. The summed E-state index contributed by atoms with van der Waals surface area (Å²) in [5.74, 6) is 2.48. The van der Waals surface area contributed by atoms with E-state index in [0.717, 1.165) is 29.4 Å². The Hall–Kier alpha value is -1.62. The topological polar surface area (TPSA) is 65.6 Å². The van der Waals surface area contributed by atoms with Crippen molar-refractivity contribution in [2.45, 2.75) is 19.4 Å².